The third-order valence-corrected chi connectivity index (χ3v) is 14.7. The Balaban J connectivity index is 1.07. The zero-order chi connectivity index (χ0) is 45.1. The van der Waals surface area contributed by atoms with Gasteiger partial charge in [-0.2, -0.15) is 0 Å². The molecule has 3 aromatic carbocycles. The zero-order valence-corrected chi connectivity index (χ0v) is 38.2. The van der Waals surface area contributed by atoms with Gasteiger partial charge in [-0.05, 0) is 110 Å². The van der Waals surface area contributed by atoms with E-state index in [9.17, 15) is 28.4 Å². The first-order valence-electron chi connectivity index (χ1n) is 21.4. The number of pyridine rings is 1. The summed E-state index contributed by atoms with van der Waals surface area (Å²) >= 11 is 12.5. The number of amides is 1. The predicted molar refractivity (Wildman–Crippen MR) is 248 cm³/mol. The Morgan fingerprint density at radius 2 is 1.73 bits per heavy atom. The molecule has 3 aliphatic rings. The van der Waals surface area contributed by atoms with Gasteiger partial charge in [-0.1, -0.05) is 61.7 Å². The summed E-state index contributed by atoms with van der Waals surface area (Å²) in [6.07, 6.45) is 7.99. The van der Waals surface area contributed by atoms with Crippen molar-refractivity contribution in [1.29, 1.82) is 0 Å². The topological polar surface area (TPSA) is 193 Å². The predicted octanol–water partition coefficient (Wildman–Crippen LogP) is 9.32. The number of rotatable bonds is 14. The molecule has 0 spiro atoms. The van der Waals surface area contributed by atoms with Gasteiger partial charge >= 0.3 is 0 Å². The summed E-state index contributed by atoms with van der Waals surface area (Å²) in [5.74, 6) is -0.522. The molecule has 2 fully saturated rings. The van der Waals surface area contributed by atoms with Gasteiger partial charge in [-0.3, -0.25) is 19.8 Å². The second-order valence-corrected chi connectivity index (χ2v) is 20.3. The van der Waals surface area contributed by atoms with Crippen molar-refractivity contribution < 1.29 is 28.0 Å². The number of hydrogen-bond acceptors (Lipinski definition) is 12. The number of aliphatic hydroxyl groups is 1. The van der Waals surface area contributed by atoms with E-state index >= 15 is 0 Å². The normalized spacial score (nSPS) is 20.6. The maximum atomic E-state index is 13.9. The standard InChI is InChI=1S/C46H55Cl2N7O7S/c1-4-46(57)17-13-30(14-18-46)27-50-40-12-10-36(25-41(40)55(58)59)63(60,61)52-44(56)37-11-9-34(23-42(37)62-35-24-39(48)43(49)51-28-35)54-21-19-53(20-22-54)29-32-15-16-45(2,3)26-38(32)31-5-7-33(47)8-6-31/h5-12,23-25,28,30,50,57H,4,13-22,26-27,29H2,1-3H3,(H2,49,51)(H,52,56). The van der Waals surface area contributed by atoms with Crippen molar-refractivity contribution in [3.05, 3.63) is 110 Å². The van der Waals surface area contributed by atoms with E-state index in [1.807, 2.05) is 19.1 Å². The van der Waals surface area contributed by atoms with Crippen molar-refractivity contribution in [3.8, 4) is 11.5 Å². The molecule has 0 bridgehead atoms. The van der Waals surface area contributed by atoms with Crippen LogP contribution >= 0.6 is 23.2 Å². The molecule has 2 aliphatic carbocycles. The number of nitrogen functional groups attached to an aromatic ring is 1. The maximum absolute atomic E-state index is 13.9. The lowest BCUT2D eigenvalue weighted by atomic mass is 9.72. The van der Waals surface area contributed by atoms with E-state index in [-0.39, 0.29) is 44.9 Å². The number of ether oxygens (including phenoxy) is 1. The van der Waals surface area contributed by atoms with Crippen LogP contribution in [0.5, 0.6) is 11.5 Å². The second kappa shape index (κ2) is 19.0. The van der Waals surface area contributed by atoms with E-state index in [1.54, 1.807) is 12.1 Å². The Morgan fingerprint density at radius 3 is 2.40 bits per heavy atom. The summed E-state index contributed by atoms with van der Waals surface area (Å²) in [6, 6.07) is 17.9. The molecule has 17 heteroatoms. The molecule has 1 amide bonds. The van der Waals surface area contributed by atoms with Crippen LogP contribution in [0.15, 0.2) is 83.4 Å². The van der Waals surface area contributed by atoms with Gasteiger partial charge in [0.25, 0.3) is 21.6 Å². The lowest BCUT2D eigenvalue weighted by Gasteiger charge is -2.39. The Hall–Kier alpha value is -4.93. The van der Waals surface area contributed by atoms with Crippen LogP contribution in [0, 0.1) is 21.4 Å². The van der Waals surface area contributed by atoms with E-state index in [4.69, 9.17) is 33.7 Å². The summed E-state index contributed by atoms with van der Waals surface area (Å²) in [7, 11) is -4.60. The first-order valence-corrected chi connectivity index (χ1v) is 23.6. The van der Waals surface area contributed by atoms with Crippen LogP contribution in [-0.4, -0.2) is 79.1 Å². The first-order chi connectivity index (χ1) is 29.9. The van der Waals surface area contributed by atoms with E-state index in [2.05, 4.69) is 50.8 Å². The number of carbonyl (C=O) groups is 1. The van der Waals surface area contributed by atoms with Gasteiger partial charge in [0.1, 0.15) is 23.0 Å². The molecule has 0 unspecified atom stereocenters. The molecular weight excluding hydrogens is 866 g/mol. The zero-order valence-electron chi connectivity index (χ0n) is 35.8. The number of nitro benzene ring substituents is 1. The number of nitro groups is 1. The fraction of sp³-hybridized carbons (Fsp3) is 0.435. The third-order valence-electron chi connectivity index (χ3n) is 12.8. The smallest absolute Gasteiger partial charge is 0.293 e. The number of piperazine rings is 1. The molecule has 336 valence electrons. The summed E-state index contributed by atoms with van der Waals surface area (Å²) in [6.45, 7) is 10.9. The lowest BCUT2D eigenvalue weighted by Crippen LogP contribution is -2.47. The number of nitrogens with one attached hydrogen (secondary N) is 2. The van der Waals surface area contributed by atoms with Gasteiger partial charge in [0.2, 0.25) is 0 Å². The van der Waals surface area contributed by atoms with Gasteiger partial charge in [-0.15, -0.1) is 0 Å². The maximum Gasteiger partial charge on any atom is 0.293 e. The van der Waals surface area contributed by atoms with Gasteiger partial charge in [0.15, 0.2) is 0 Å². The van der Waals surface area contributed by atoms with Crippen molar-refractivity contribution in [1.82, 2.24) is 14.6 Å². The molecular formula is C46H55Cl2N7O7S. The quantitative estimate of drug-likeness (QED) is 0.0693. The largest absolute Gasteiger partial charge is 0.455 e. The van der Waals surface area contributed by atoms with Crippen LogP contribution in [0.25, 0.3) is 5.57 Å². The molecule has 0 radical (unpaired) electrons. The summed E-state index contributed by atoms with van der Waals surface area (Å²) in [5.41, 5.74) is 9.78. The molecule has 2 heterocycles. The number of sulfonamides is 1. The summed E-state index contributed by atoms with van der Waals surface area (Å²) < 4.78 is 35.6. The number of carbonyl (C=O) groups excluding carboxylic acids is 1. The third kappa shape index (κ3) is 11.2. The van der Waals surface area contributed by atoms with Crippen molar-refractivity contribution in [2.75, 3.05) is 55.2 Å². The highest BCUT2D eigenvalue weighted by molar-refractivity contribution is 7.90. The van der Waals surface area contributed by atoms with Crippen molar-refractivity contribution in [2.45, 2.75) is 82.6 Å². The number of anilines is 3. The minimum absolute atomic E-state index is 0.0402. The Kier molecular flexibility index (Phi) is 13.9. The number of aromatic nitrogens is 1. The average Bonchev–Trinajstić information content (AvgIpc) is 3.25. The van der Waals surface area contributed by atoms with E-state index in [1.165, 1.54) is 47.2 Å². The van der Waals surface area contributed by atoms with Gasteiger partial charge in [0, 0.05) is 68.2 Å². The number of nitrogens with two attached hydrogens (primary N) is 1. The van der Waals surface area contributed by atoms with E-state index in [0.717, 1.165) is 68.5 Å². The minimum atomic E-state index is -4.60. The lowest BCUT2D eigenvalue weighted by molar-refractivity contribution is -0.384. The van der Waals surface area contributed by atoms with E-state index < -0.39 is 37.0 Å². The van der Waals surface area contributed by atoms with Gasteiger partial charge in [0.05, 0.1) is 32.2 Å². The van der Waals surface area contributed by atoms with Crippen LogP contribution in [0.3, 0.4) is 0 Å². The monoisotopic (exact) mass is 919 g/mol. The molecule has 7 rings (SSSR count). The average molecular weight is 921 g/mol. The van der Waals surface area contributed by atoms with Gasteiger partial charge in [-0.25, -0.2) is 18.1 Å². The number of hydrogen-bond donors (Lipinski definition) is 4. The molecule has 4 aromatic rings. The molecule has 63 heavy (non-hydrogen) atoms. The van der Waals surface area contributed by atoms with Crippen LogP contribution in [-0.2, 0) is 10.0 Å². The molecule has 0 atom stereocenters. The van der Waals surface area contributed by atoms with Crippen molar-refractivity contribution in [3.63, 3.8) is 0 Å². The fourth-order valence-electron chi connectivity index (χ4n) is 8.73. The summed E-state index contributed by atoms with van der Waals surface area (Å²) in [4.78, 5) is 33.6. The molecule has 1 aromatic heterocycles. The molecule has 14 nitrogen and oxygen atoms in total. The highest BCUT2D eigenvalue weighted by Crippen LogP contribution is 2.44. The first kappa shape index (κ1) is 46.1. The van der Waals surface area contributed by atoms with Crippen LogP contribution < -0.4 is 25.4 Å². The number of halogens is 2. The Bertz CT molecular complexity index is 2480. The number of allylic oxidation sites excluding steroid dienone is 1. The van der Waals surface area contributed by atoms with E-state index in [0.29, 0.717) is 38.9 Å². The fourth-order valence-corrected chi connectivity index (χ4v) is 10.0. The molecule has 1 saturated heterocycles. The summed E-state index contributed by atoms with van der Waals surface area (Å²) in [5, 5.41) is 26.7. The van der Waals surface area contributed by atoms with Crippen LogP contribution in [0.2, 0.25) is 10.0 Å². The molecule has 1 aliphatic heterocycles. The Labute approximate surface area is 379 Å². The van der Waals surface area contributed by atoms with Crippen LogP contribution in [0.4, 0.5) is 22.9 Å². The SMILES string of the molecule is CCC1(O)CCC(CNc2ccc(S(=O)(=O)NC(=O)c3ccc(N4CCN(CC5=C(c6ccc(Cl)cc6)CC(C)(C)CC5)CC4)cc3Oc3cnc(N)c(Cl)c3)cc2[N+](=O)[O-])CC1. The van der Waals surface area contributed by atoms with Crippen LogP contribution in [0.1, 0.15) is 88.1 Å². The second-order valence-electron chi connectivity index (χ2n) is 17.8. The number of nitrogens with zero attached hydrogens (tertiary/aromatic N) is 4. The highest BCUT2D eigenvalue weighted by Gasteiger charge is 2.33. The highest BCUT2D eigenvalue weighted by atomic mass is 35.5. The van der Waals surface area contributed by atoms with Crippen molar-refractivity contribution >= 4 is 67.6 Å². The number of benzene rings is 3. The van der Waals surface area contributed by atoms with Crippen molar-refractivity contribution in [2.24, 2.45) is 11.3 Å². The molecule has 5 N–H and O–H groups in total. The van der Waals surface area contributed by atoms with Gasteiger partial charge < -0.3 is 25.8 Å². The Morgan fingerprint density at radius 1 is 1.02 bits per heavy atom. The minimum Gasteiger partial charge on any atom is -0.455 e. The molecule has 1 saturated carbocycles.